The van der Waals surface area contributed by atoms with E-state index in [-0.39, 0.29) is 10.6 Å². The minimum atomic E-state index is 0.0944. The smallest absolute Gasteiger partial charge is 0.228 e. The Morgan fingerprint density at radius 3 is 2.33 bits per heavy atom. The first-order chi connectivity index (χ1) is 10.2. The van der Waals surface area contributed by atoms with Gasteiger partial charge in [-0.15, -0.1) is 0 Å². The van der Waals surface area contributed by atoms with Gasteiger partial charge in [0, 0.05) is 25.3 Å². The van der Waals surface area contributed by atoms with Crippen molar-refractivity contribution in [3.63, 3.8) is 0 Å². The molecule has 2 aromatic rings. The van der Waals surface area contributed by atoms with Crippen LogP contribution in [0.3, 0.4) is 0 Å². The molecule has 0 spiro atoms. The van der Waals surface area contributed by atoms with Crippen molar-refractivity contribution in [1.29, 1.82) is 0 Å². The van der Waals surface area contributed by atoms with Gasteiger partial charge in [0.05, 0.1) is 0 Å². The summed E-state index contributed by atoms with van der Waals surface area (Å²) in [5, 5.41) is 3.29. The van der Waals surface area contributed by atoms with Crippen LogP contribution in [0, 0.1) is 0 Å². The zero-order valence-corrected chi connectivity index (χ0v) is 13.3. The van der Waals surface area contributed by atoms with Gasteiger partial charge in [0.15, 0.2) is 0 Å². The van der Waals surface area contributed by atoms with E-state index in [1.54, 1.807) is 0 Å². The molecule has 1 N–H and O–H groups in total. The summed E-state index contributed by atoms with van der Waals surface area (Å²) in [6, 6.07) is 10.3. The summed E-state index contributed by atoms with van der Waals surface area (Å²) in [7, 11) is 0. The average molecular weight is 326 g/mol. The minimum absolute atomic E-state index is 0.0944. The van der Waals surface area contributed by atoms with Crippen molar-refractivity contribution >= 4 is 34.8 Å². The van der Waals surface area contributed by atoms with Crippen molar-refractivity contribution in [1.82, 2.24) is 15.0 Å². The van der Waals surface area contributed by atoms with Gasteiger partial charge in [-0.2, -0.15) is 15.0 Å². The molecule has 0 aliphatic carbocycles. The number of anilines is 2. The number of rotatable bonds is 7. The van der Waals surface area contributed by atoms with Gasteiger partial charge in [0.25, 0.3) is 0 Å². The fourth-order valence-corrected chi connectivity index (χ4v) is 2.35. The number of aromatic nitrogens is 3. The molecule has 1 aromatic heterocycles. The summed E-state index contributed by atoms with van der Waals surface area (Å²) in [5.41, 5.74) is 1.23. The number of nitrogens with one attached hydrogen (secondary N) is 1. The average Bonchev–Trinajstić information content (AvgIpc) is 2.47. The van der Waals surface area contributed by atoms with Crippen LogP contribution in [0.4, 0.5) is 11.6 Å². The first-order valence-electron chi connectivity index (χ1n) is 6.80. The summed E-state index contributed by atoms with van der Waals surface area (Å²) < 4.78 is 0. The van der Waals surface area contributed by atoms with E-state index in [0.717, 1.165) is 26.1 Å². The highest BCUT2D eigenvalue weighted by Gasteiger charge is 2.05. The Morgan fingerprint density at radius 2 is 1.71 bits per heavy atom. The van der Waals surface area contributed by atoms with Gasteiger partial charge in [-0.1, -0.05) is 18.2 Å². The lowest BCUT2D eigenvalue weighted by atomic mass is 10.2. The molecular weight excluding hydrogens is 309 g/mol. The fourth-order valence-electron chi connectivity index (χ4n) is 1.98. The highest BCUT2D eigenvalue weighted by atomic mass is 35.5. The van der Waals surface area contributed by atoms with E-state index in [0.29, 0.717) is 5.95 Å². The number of benzene rings is 1. The summed E-state index contributed by atoms with van der Waals surface area (Å²) in [5.74, 6) is 0.405. The lowest BCUT2D eigenvalue weighted by molar-refractivity contribution is 0.765. The summed E-state index contributed by atoms with van der Waals surface area (Å²) >= 11 is 11.4. The minimum Gasteiger partial charge on any atom is -0.372 e. The largest absolute Gasteiger partial charge is 0.372 e. The second-order valence-corrected chi connectivity index (χ2v) is 5.07. The lowest BCUT2D eigenvalue weighted by Gasteiger charge is -2.23. The van der Waals surface area contributed by atoms with Gasteiger partial charge in [0.1, 0.15) is 0 Å². The Labute approximate surface area is 134 Å². The molecule has 2 rings (SSSR count). The molecule has 0 aliphatic heterocycles. The molecule has 112 valence electrons. The third-order valence-corrected chi connectivity index (χ3v) is 3.31. The van der Waals surface area contributed by atoms with Crippen LogP contribution in [0.2, 0.25) is 10.6 Å². The van der Waals surface area contributed by atoms with Crippen LogP contribution < -0.4 is 10.2 Å². The number of hydrogen-bond donors (Lipinski definition) is 1. The maximum atomic E-state index is 5.72. The van der Waals surface area contributed by atoms with E-state index in [1.165, 1.54) is 5.69 Å². The van der Waals surface area contributed by atoms with Crippen molar-refractivity contribution < 1.29 is 0 Å². The van der Waals surface area contributed by atoms with Crippen LogP contribution in [-0.2, 0) is 0 Å². The van der Waals surface area contributed by atoms with E-state index in [1.807, 2.05) is 18.2 Å². The van der Waals surface area contributed by atoms with E-state index in [4.69, 9.17) is 23.2 Å². The zero-order chi connectivity index (χ0) is 15.1. The zero-order valence-electron chi connectivity index (χ0n) is 11.8. The SMILES string of the molecule is CCN(CCCNc1nc(Cl)nc(Cl)n1)c1ccccc1. The van der Waals surface area contributed by atoms with Gasteiger partial charge >= 0.3 is 0 Å². The van der Waals surface area contributed by atoms with Crippen LogP contribution in [-0.4, -0.2) is 34.6 Å². The third-order valence-electron chi connectivity index (χ3n) is 2.97. The molecule has 5 nitrogen and oxygen atoms in total. The normalized spacial score (nSPS) is 10.4. The van der Waals surface area contributed by atoms with Crippen molar-refractivity contribution in [2.45, 2.75) is 13.3 Å². The van der Waals surface area contributed by atoms with Gasteiger partial charge < -0.3 is 10.2 Å². The third kappa shape index (κ3) is 5.02. The molecule has 0 fully saturated rings. The molecule has 0 radical (unpaired) electrons. The first kappa shape index (κ1) is 15.8. The molecular formula is C14H17Cl2N5. The molecule has 0 aliphatic rings. The quantitative estimate of drug-likeness (QED) is 0.789. The highest BCUT2D eigenvalue weighted by molar-refractivity contribution is 6.31. The molecule has 1 heterocycles. The van der Waals surface area contributed by atoms with Gasteiger partial charge in [-0.05, 0) is 48.7 Å². The van der Waals surface area contributed by atoms with E-state index < -0.39 is 0 Å². The maximum Gasteiger partial charge on any atom is 0.228 e. The number of nitrogens with zero attached hydrogens (tertiary/aromatic N) is 4. The maximum absolute atomic E-state index is 5.72. The predicted molar refractivity (Wildman–Crippen MR) is 87.3 cm³/mol. The Balaban J connectivity index is 1.81. The Morgan fingerprint density at radius 1 is 1.05 bits per heavy atom. The highest BCUT2D eigenvalue weighted by Crippen LogP contribution is 2.13. The second kappa shape index (κ2) is 8.00. The number of halogens is 2. The molecule has 0 saturated carbocycles. The topological polar surface area (TPSA) is 53.9 Å². The molecule has 1 aromatic carbocycles. The lowest BCUT2D eigenvalue weighted by Crippen LogP contribution is -2.25. The van der Waals surface area contributed by atoms with E-state index in [9.17, 15) is 0 Å². The monoisotopic (exact) mass is 325 g/mol. The fraction of sp³-hybridized carbons (Fsp3) is 0.357. The van der Waals surface area contributed by atoms with Gasteiger partial charge in [-0.25, -0.2) is 0 Å². The second-order valence-electron chi connectivity index (χ2n) is 4.39. The van der Waals surface area contributed by atoms with Crippen molar-refractivity contribution in [2.24, 2.45) is 0 Å². The van der Waals surface area contributed by atoms with Crippen LogP contribution in [0.5, 0.6) is 0 Å². The van der Waals surface area contributed by atoms with Gasteiger partial charge in [-0.3, -0.25) is 0 Å². The first-order valence-corrected chi connectivity index (χ1v) is 7.55. The standard InChI is InChI=1S/C14H17Cl2N5/c1-2-21(11-7-4-3-5-8-11)10-6-9-17-14-19-12(15)18-13(16)20-14/h3-5,7-8H,2,6,9-10H2,1H3,(H,17,18,19,20). The van der Waals surface area contributed by atoms with Crippen LogP contribution in [0.1, 0.15) is 13.3 Å². The van der Waals surface area contributed by atoms with Crippen LogP contribution >= 0.6 is 23.2 Å². The molecule has 0 bridgehead atoms. The summed E-state index contributed by atoms with van der Waals surface area (Å²) in [6.07, 6.45) is 0.948. The van der Waals surface area contributed by atoms with Crippen LogP contribution in [0.25, 0.3) is 0 Å². The predicted octanol–water partition coefficient (Wildman–Crippen LogP) is 3.51. The molecule has 7 heteroatoms. The van der Waals surface area contributed by atoms with Gasteiger partial charge in [0.2, 0.25) is 16.5 Å². The molecule has 0 atom stereocenters. The Hall–Kier alpha value is -1.59. The van der Waals surface area contributed by atoms with E-state index in [2.05, 4.69) is 44.2 Å². The Bertz CT molecular complexity index is 544. The Kier molecular flexibility index (Phi) is 6.02. The summed E-state index contributed by atoms with van der Waals surface area (Å²) in [4.78, 5) is 13.9. The summed E-state index contributed by atoms with van der Waals surface area (Å²) in [6.45, 7) is 4.79. The van der Waals surface area contributed by atoms with Crippen molar-refractivity contribution in [3.8, 4) is 0 Å². The van der Waals surface area contributed by atoms with Crippen molar-refractivity contribution in [3.05, 3.63) is 40.9 Å². The number of hydrogen-bond acceptors (Lipinski definition) is 5. The molecule has 0 unspecified atom stereocenters. The molecule has 0 amide bonds. The number of para-hydroxylation sites is 1. The van der Waals surface area contributed by atoms with Crippen molar-refractivity contribution in [2.75, 3.05) is 29.9 Å². The van der Waals surface area contributed by atoms with E-state index >= 15 is 0 Å². The molecule has 0 saturated heterocycles. The molecule has 21 heavy (non-hydrogen) atoms. The van der Waals surface area contributed by atoms with Crippen LogP contribution in [0.15, 0.2) is 30.3 Å².